The van der Waals surface area contributed by atoms with Crippen LogP contribution in [-0.2, 0) is 11.2 Å². The molecule has 1 N–H and O–H groups in total. The molecule has 0 amide bonds. The highest BCUT2D eigenvalue weighted by Crippen LogP contribution is 2.27. The summed E-state index contributed by atoms with van der Waals surface area (Å²) in [7, 11) is 1.50. The maximum absolute atomic E-state index is 14.3. The van der Waals surface area contributed by atoms with Crippen LogP contribution in [0.1, 0.15) is 32.3 Å². The normalized spacial score (nSPS) is 23.2. The predicted octanol–water partition coefficient (Wildman–Crippen LogP) is 3.17. The number of rotatable bonds is 7. The molecule has 0 aromatic heterocycles. The average molecular weight is 295 g/mol. The maximum Gasteiger partial charge on any atom is 0.168 e. The van der Waals surface area contributed by atoms with Gasteiger partial charge in [-0.25, -0.2) is 4.39 Å². The molecule has 1 saturated heterocycles. The molecule has 0 spiro atoms. The van der Waals surface area contributed by atoms with Gasteiger partial charge in [0, 0.05) is 12.6 Å². The third-order valence-corrected chi connectivity index (χ3v) is 4.20. The van der Waals surface area contributed by atoms with Crippen LogP contribution in [0.4, 0.5) is 4.39 Å². The second kappa shape index (κ2) is 7.76. The Hall–Kier alpha value is -1.13. The summed E-state index contributed by atoms with van der Waals surface area (Å²) in [5.74, 6) is 0.559. The van der Waals surface area contributed by atoms with Crippen molar-refractivity contribution in [1.82, 2.24) is 5.32 Å². The van der Waals surface area contributed by atoms with Crippen molar-refractivity contribution in [3.63, 3.8) is 0 Å². The Kier molecular flexibility index (Phi) is 6.00. The van der Waals surface area contributed by atoms with Gasteiger partial charge in [-0.2, -0.15) is 0 Å². The van der Waals surface area contributed by atoms with Crippen molar-refractivity contribution in [1.29, 1.82) is 0 Å². The first-order valence-electron chi connectivity index (χ1n) is 7.83. The standard InChI is InChI=1S/C17H26FNO2/c1-4-9-19-14(17-12(2)8-10-21-17)11-13-6-5-7-15(20-3)16(13)18/h5-7,12,14,17,19H,4,8-11H2,1-3H3. The summed E-state index contributed by atoms with van der Waals surface area (Å²) >= 11 is 0. The largest absolute Gasteiger partial charge is 0.494 e. The third kappa shape index (κ3) is 3.95. The molecule has 3 unspecified atom stereocenters. The lowest BCUT2D eigenvalue weighted by atomic mass is 9.92. The van der Waals surface area contributed by atoms with Crippen LogP contribution in [0.5, 0.6) is 5.75 Å². The molecule has 3 nitrogen and oxygen atoms in total. The van der Waals surface area contributed by atoms with E-state index in [0.717, 1.165) is 26.0 Å². The molecule has 1 heterocycles. The van der Waals surface area contributed by atoms with Gasteiger partial charge in [0.05, 0.1) is 13.2 Å². The molecule has 0 aliphatic carbocycles. The summed E-state index contributed by atoms with van der Waals surface area (Å²) in [6.45, 7) is 6.06. The highest BCUT2D eigenvalue weighted by atomic mass is 19.1. The Morgan fingerprint density at radius 3 is 2.90 bits per heavy atom. The summed E-state index contributed by atoms with van der Waals surface area (Å²) in [5, 5.41) is 3.52. The monoisotopic (exact) mass is 295 g/mol. The number of nitrogens with one attached hydrogen (secondary N) is 1. The number of benzene rings is 1. The van der Waals surface area contributed by atoms with Crippen LogP contribution in [0.3, 0.4) is 0 Å². The van der Waals surface area contributed by atoms with Gasteiger partial charge in [-0.05, 0) is 43.4 Å². The van der Waals surface area contributed by atoms with Crippen molar-refractivity contribution in [2.75, 3.05) is 20.3 Å². The van der Waals surface area contributed by atoms with E-state index in [-0.39, 0.29) is 18.0 Å². The van der Waals surface area contributed by atoms with E-state index in [2.05, 4.69) is 19.2 Å². The van der Waals surface area contributed by atoms with Gasteiger partial charge in [0.25, 0.3) is 0 Å². The fraction of sp³-hybridized carbons (Fsp3) is 0.647. The van der Waals surface area contributed by atoms with Gasteiger partial charge in [0.15, 0.2) is 11.6 Å². The van der Waals surface area contributed by atoms with Crippen LogP contribution >= 0.6 is 0 Å². The molecule has 0 saturated carbocycles. The first kappa shape index (κ1) is 16.2. The Morgan fingerprint density at radius 1 is 1.48 bits per heavy atom. The molecule has 118 valence electrons. The zero-order valence-electron chi connectivity index (χ0n) is 13.2. The number of hydrogen-bond donors (Lipinski definition) is 1. The molecule has 1 aromatic rings. The fourth-order valence-electron chi connectivity index (χ4n) is 2.97. The molecule has 21 heavy (non-hydrogen) atoms. The van der Waals surface area contributed by atoms with Crippen molar-refractivity contribution in [2.24, 2.45) is 5.92 Å². The van der Waals surface area contributed by atoms with Crippen LogP contribution in [0.25, 0.3) is 0 Å². The molecule has 3 atom stereocenters. The van der Waals surface area contributed by atoms with E-state index in [1.54, 1.807) is 6.07 Å². The fourth-order valence-corrected chi connectivity index (χ4v) is 2.97. The SMILES string of the molecule is CCCNC(Cc1cccc(OC)c1F)C1OCCC1C. The van der Waals surface area contributed by atoms with Crippen molar-refractivity contribution in [2.45, 2.75) is 45.3 Å². The molecule has 4 heteroatoms. The van der Waals surface area contributed by atoms with E-state index in [1.165, 1.54) is 7.11 Å². The zero-order valence-corrected chi connectivity index (χ0v) is 13.2. The summed E-state index contributed by atoms with van der Waals surface area (Å²) in [4.78, 5) is 0. The summed E-state index contributed by atoms with van der Waals surface area (Å²) in [6.07, 6.45) is 2.91. The van der Waals surface area contributed by atoms with Crippen LogP contribution in [0, 0.1) is 11.7 Å². The van der Waals surface area contributed by atoms with E-state index >= 15 is 0 Å². The average Bonchev–Trinajstić information content (AvgIpc) is 2.91. The number of hydrogen-bond acceptors (Lipinski definition) is 3. The molecule has 0 bridgehead atoms. The summed E-state index contributed by atoms with van der Waals surface area (Å²) in [6, 6.07) is 5.47. The molecule has 2 rings (SSSR count). The van der Waals surface area contributed by atoms with Gasteiger partial charge in [0.2, 0.25) is 0 Å². The Balaban J connectivity index is 2.14. The summed E-state index contributed by atoms with van der Waals surface area (Å²) < 4.78 is 25.3. The van der Waals surface area contributed by atoms with Crippen LogP contribution < -0.4 is 10.1 Å². The number of methoxy groups -OCH3 is 1. The van der Waals surface area contributed by atoms with Crippen molar-refractivity contribution in [3.8, 4) is 5.75 Å². The minimum atomic E-state index is -0.256. The second-order valence-electron chi connectivity index (χ2n) is 5.80. The zero-order chi connectivity index (χ0) is 15.2. The first-order valence-corrected chi connectivity index (χ1v) is 7.83. The van der Waals surface area contributed by atoms with E-state index in [4.69, 9.17) is 9.47 Å². The lowest BCUT2D eigenvalue weighted by molar-refractivity contribution is 0.0607. The van der Waals surface area contributed by atoms with Crippen LogP contribution in [0.15, 0.2) is 18.2 Å². The smallest absolute Gasteiger partial charge is 0.168 e. The molecule has 1 fully saturated rings. The Bertz CT molecular complexity index is 452. The highest BCUT2D eigenvalue weighted by molar-refractivity contribution is 5.31. The lowest BCUT2D eigenvalue weighted by Crippen LogP contribution is -2.44. The second-order valence-corrected chi connectivity index (χ2v) is 5.80. The highest BCUT2D eigenvalue weighted by Gasteiger charge is 2.32. The van der Waals surface area contributed by atoms with Crippen molar-refractivity contribution in [3.05, 3.63) is 29.6 Å². The molecule has 0 radical (unpaired) electrons. The van der Waals surface area contributed by atoms with Crippen molar-refractivity contribution >= 4 is 0 Å². The summed E-state index contributed by atoms with van der Waals surface area (Å²) in [5.41, 5.74) is 0.686. The van der Waals surface area contributed by atoms with Crippen LogP contribution in [-0.4, -0.2) is 32.4 Å². The van der Waals surface area contributed by atoms with Gasteiger partial charge in [-0.1, -0.05) is 26.0 Å². The quantitative estimate of drug-likeness (QED) is 0.838. The van der Waals surface area contributed by atoms with Gasteiger partial charge in [0.1, 0.15) is 0 Å². The van der Waals surface area contributed by atoms with Crippen molar-refractivity contribution < 1.29 is 13.9 Å². The van der Waals surface area contributed by atoms with E-state index in [0.29, 0.717) is 23.7 Å². The first-order chi connectivity index (χ1) is 10.2. The number of halogens is 1. The Morgan fingerprint density at radius 2 is 2.29 bits per heavy atom. The Labute approximate surface area is 126 Å². The molecule has 1 aliphatic heterocycles. The minimum absolute atomic E-state index is 0.143. The minimum Gasteiger partial charge on any atom is -0.494 e. The molecular weight excluding hydrogens is 269 g/mol. The molecule has 1 aliphatic rings. The van der Waals surface area contributed by atoms with Gasteiger partial charge in [-0.15, -0.1) is 0 Å². The van der Waals surface area contributed by atoms with E-state index in [1.807, 2.05) is 12.1 Å². The topological polar surface area (TPSA) is 30.5 Å². The van der Waals surface area contributed by atoms with Crippen LogP contribution in [0.2, 0.25) is 0 Å². The maximum atomic E-state index is 14.3. The lowest BCUT2D eigenvalue weighted by Gasteiger charge is -2.27. The molecule has 1 aromatic carbocycles. The third-order valence-electron chi connectivity index (χ3n) is 4.20. The molecular formula is C17H26FNO2. The predicted molar refractivity (Wildman–Crippen MR) is 82.3 cm³/mol. The van der Waals surface area contributed by atoms with E-state index in [9.17, 15) is 4.39 Å². The van der Waals surface area contributed by atoms with E-state index < -0.39 is 0 Å². The van der Waals surface area contributed by atoms with Gasteiger partial charge < -0.3 is 14.8 Å². The van der Waals surface area contributed by atoms with Gasteiger partial charge >= 0.3 is 0 Å². The number of ether oxygens (including phenoxy) is 2. The van der Waals surface area contributed by atoms with Gasteiger partial charge in [-0.3, -0.25) is 0 Å².